The minimum absolute atomic E-state index is 0.00384. The minimum Gasteiger partial charge on any atom is -0.349 e. The lowest BCUT2D eigenvalue weighted by atomic mass is 9.93. The molecule has 0 spiro atoms. The molecule has 1 amide bonds. The first-order valence-corrected chi connectivity index (χ1v) is 4.76. The van der Waals surface area contributed by atoms with E-state index in [-0.39, 0.29) is 11.4 Å². The van der Waals surface area contributed by atoms with Crippen LogP contribution in [0.1, 0.15) is 33.1 Å². The van der Waals surface area contributed by atoms with Gasteiger partial charge in [-0.05, 0) is 12.8 Å². The molecule has 0 aromatic heterocycles. The predicted molar refractivity (Wildman–Crippen MR) is 55.3 cm³/mol. The molecule has 0 radical (unpaired) electrons. The number of amides is 1. The molecule has 0 fully saturated rings. The first kappa shape index (κ1) is 12.2. The van der Waals surface area contributed by atoms with E-state index in [0.717, 1.165) is 12.8 Å². The summed E-state index contributed by atoms with van der Waals surface area (Å²) in [5.74, 6) is 0.00384. The van der Waals surface area contributed by atoms with Crippen LogP contribution in [0.4, 0.5) is 0 Å². The van der Waals surface area contributed by atoms with Crippen LogP contribution < -0.4 is 11.1 Å². The van der Waals surface area contributed by atoms with Crippen molar-refractivity contribution in [2.45, 2.75) is 38.6 Å². The quantitative estimate of drug-likeness (QED) is 0.609. The van der Waals surface area contributed by atoms with Gasteiger partial charge in [-0.3, -0.25) is 4.79 Å². The summed E-state index contributed by atoms with van der Waals surface area (Å²) < 4.78 is 0. The van der Waals surface area contributed by atoms with Gasteiger partial charge >= 0.3 is 0 Å². The highest BCUT2D eigenvalue weighted by Crippen LogP contribution is 2.13. The molecule has 0 aliphatic rings. The van der Waals surface area contributed by atoms with Gasteiger partial charge in [0, 0.05) is 13.0 Å². The maximum absolute atomic E-state index is 11.3. The SMILES string of the molecule is C=CCC(=O)NC(CC)(CC)CN. The zero-order chi connectivity index (χ0) is 10.3. The molecule has 0 rings (SSSR count). The van der Waals surface area contributed by atoms with Crippen molar-refractivity contribution in [2.24, 2.45) is 5.73 Å². The fourth-order valence-corrected chi connectivity index (χ4v) is 1.24. The van der Waals surface area contributed by atoms with E-state index < -0.39 is 0 Å². The van der Waals surface area contributed by atoms with Gasteiger partial charge in [-0.1, -0.05) is 19.9 Å². The van der Waals surface area contributed by atoms with Crippen LogP contribution >= 0.6 is 0 Å². The van der Waals surface area contributed by atoms with Crippen LogP contribution in [0.25, 0.3) is 0 Å². The molecule has 0 unspecified atom stereocenters. The van der Waals surface area contributed by atoms with Gasteiger partial charge in [-0.2, -0.15) is 0 Å². The average molecular weight is 184 g/mol. The van der Waals surface area contributed by atoms with Gasteiger partial charge in [0.05, 0.1) is 5.54 Å². The molecule has 3 N–H and O–H groups in total. The molecule has 0 aromatic carbocycles. The first-order valence-electron chi connectivity index (χ1n) is 4.76. The summed E-state index contributed by atoms with van der Waals surface area (Å²) in [6, 6.07) is 0. The third-order valence-electron chi connectivity index (χ3n) is 2.48. The molecule has 76 valence electrons. The molecule has 13 heavy (non-hydrogen) atoms. The summed E-state index contributed by atoms with van der Waals surface area (Å²) >= 11 is 0. The van der Waals surface area contributed by atoms with Crippen LogP contribution in [-0.4, -0.2) is 18.0 Å². The molecule has 0 aliphatic heterocycles. The van der Waals surface area contributed by atoms with Crippen molar-refractivity contribution in [1.29, 1.82) is 0 Å². The second-order valence-electron chi connectivity index (χ2n) is 3.23. The van der Waals surface area contributed by atoms with Crippen LogP contribution in [0.2, 0.25) is 0 Å². The Morgan fingerprint density at radius 3 is 2.38 bits per heavy atom. The molecule has 0 saturated carbocycles. The normalized spacial score (nSPS) is 11.0. The highest BCUT2D eigenvalue weighted by atomic mass is 16.1. The molecular weight excluding hydrogens is 164 g/mol. The van der Waals surface area contributed by atoms with E-state index in [1.807, 2.05) is 13.8 Å². The lowest BCUT2D eigenvalue weighted by Gasteiger charge is -2.31. The number of nitrogens with two attached hydrogens (primary N) is 1. The van der Waals surface area contributed by atoms with Gasteiger partial charge in [0.25, 0.3) is 0 Å². The Bertz CT molecular complexity index is 165. The standard InChI is InChI=1S/C10H20N2O/c1-4-7-9(13)12-10(5-2,6-3)8-11/h4H,1,5-8,11H2,2-3H3,(H,12,13). The van der Waals surface area contributed by atoms with E-state index in [4.69, 9.17) is 5.73 Å². The molecular formula is C10H20N2O. The molecule has 0 heterocycles. The third kappa shape index (κ3) is 3.59. The number of carbonyl (C=O) groups excluding carboxylic acids is 1. The number of hydrogen-bond donors (Lipinski definition) is 2. The van der Waals surface area contributed by atoms with E-state index in [9.17, 15) is 4.79 Å². The lowest BCUT2D eigenvalue weighted by Crippen LogP contribution is -2.52. The van der Waals surface area contributed by atoms with Crippen LogP contribution in [0, 0.1) is 0 Å². The predicted octanol–water partition coefficient (Wildman–Crippen LogP) is 1.20. The summed E-state index contributed by atoms with van der Waals surface area (Å²) in [6.45, 7) is 8.07. The molecule has 0 aliphatic carbocycles. The third-order valence-corrected chi connectivity index (χ3v) is 2.48. The number of nitrogens with one attached hydrogen (secondary N) is 1. The van der Waals surface area contributed by atoms with Crippen molar-refractivity contribution >= 4 is 5.91 Å². The Morgan fingerprint density at radius 2 is 2.08 bits per heavy atom. The van der Waals surface area contributed by atoms with E-state index in [1.54, 1.807) is 6.08 Å². The highest BCUT2D eigenvalue weighted by Gasteiger charge is 2.25. The lowest BCUT2D eigenvalue weighted by molar-refractivity contribution is -0.122. The number of hydrogen-bond acceptors (Lipinski definition) is 2. The zero-order valence-corrected chi connectivity index (χ0v) is 8.60. The Morgan fingerprint density at radius 1 is 1.54 bits per heavy atom. The first-order chi connectivity index (χ1) is 6.14. The van der Waals surface area contributed by atoms with Crippen LogP contribution in [0.5, 0.6) is 0 Å². The molecule has 3 heteroatoms. The summed E-state index contributed by atoms with van der Waals surface area (Å²) in [5, 5.41) is 2.95. The molecule has 0 aromatic rings. The van der Waals surface area contributed by atoms with Crippen molar-refractivity contribution in [1.82, 2.24) is 5.32 Å². The summed E-state index contributed by atoms with van der Waals surface area (Å²) in [4.78, 5) is 11.3. The van der Waals surface area contributed by atoms with Crippen molar-refractivity contribution in [3.05, 3.63) is 12.7 Å². The summed E-state index contributed by atoms with van der Waals surface area (Å²) in [6.07, 6.45) is 3.69. The fourth-order valence-electron chi connectivity index (χ4n) is 1.24. The maximum Gasteiger partial charge on any atom is 0.224 e. The Kier molecular flexibility index (Phi) is 5.39. The Labute approximate surface area is 80.4 Å². The molecule has 0 atom stereocenters. The van der Waals surface area contributed by atoms with E-state index in [0.29, 0.717) is 13.0 Å². The van der Waals surface area contributed by atoms with Crippen LogP contribution in [0.3, 0.4) is 0 Å². The van der Waals surface area contributed by atoms with Crippen molar-refractivity contribution < 1.29 is 4.79 Å². The summed E-state index contributed by atoms with van der Waals surface area (Å²) in [5.41, 5.74) is 5.41. The Hall–Kier alpha value is -0.830. The van der Waals surface area contributed by atoms with Crippen molar-refractivity contribution in [3.63, 3.8) is 0 Å². The van der Waals surface area contributed by atoms with Crippen LogP contribution in [-0.2, 0) is 4.79 Å². The van der Waals surface area contributed by atoms with E-state index in [2.05, 4.69) is 11.9 Å². The van der Waals surface area contributed by atoms with Gasteiger partial charge < -0.3 is 11.1 Å². The van der Waals surface area contributed by atoms with Crippen molar-refractivity contribution in [3.8, 4) is 0 Å². The largest absolute Gasteiger partial charge is 0.349 e. The minimum atomic E-state index is -0.222. The number of rotatable bonds is 6. The maximum atomic E-state index is 11.3. The van der Waals surface area contributed by atoms with Crippen molar-refractivity contribution in [2.75, 3.05) is 6.54 Å². The van der Waals surface area contributed by atoms with Gasteiger partial charge in [-0.15, -0.1) is 6.58 Å². The smallest absolute Gasteiger partial charge is 0.224 e. The fraction of sp³-hybridized carbons (Fsp3) is 0.700. The highest BCUT2D eigenvalue weighted by molar-refractivity contribution is 5.78. The monoisotopic (exact) mass is 184 g/mol. The second kappa shape index (κ2) is 5.75. The molecule has 3 nitrogen and oxygen atoms in total. The van der Waals surface area contributed by atoms with Gasteiger partial charge in [-0.25, -0.2) is 0 Å². The zero-order valence-electron chi connectivity index (χ0n) is 8.60. The molecule has 0 bridgehead atoms. The second-order valence-corrected chi connectivity index (χ2v) is 3.23. The average Bonchev–Trinajstić information content (AvgIpc) is 2.15. The number of carbonyl (C=O) groups is 1. The van der Waals surface area contributed by atoms with E-state index >= 15 is 0 Å². The van der Waals surface area contributed by atoms with E-state index in [1.165, 1.54) is 0 Å². The van der Waals surface area contributed by atoms with Gasteiger partial charge in [0.1, 0.15) is 0 Å². The van der Waals surface area contributed by atoms with Crippen LogP contribution in [0.15, 0.2) is 12.7 Å². The summed E-state index contributed by atoms with van der Waals surface area (Å²) in [7, 11) is 0. The topological polar surface area (TPSA) is 55.1 Å². The Balaban J connectivity index is 4.23. The van der Waals surface area contributed by atoms with Gasteiger partial charge in [0.2, 0.25) is 5.91 Å². The molecule has 0 saturated heterocycles. The van der Waals surface area contributed by atoms with Gasteiger partial charge in [0.15, 0.2) is 0 Å².